The lowest BCUT2D eigenvalue weighted by molar-refractivity contribution is -0.274. The minimum absolute atomic E-state index is 0.0931. The third kappa shape index (κ3) is 5.02. The Morgan fingerprint density at radius 2 is 2.00 bits per heavy atom. The van der Waals surface area contributed by atoms with Crippen molar-refractivity contribution >= 4 is 34.6 Å². The van der Waals surface area contributed by atoms with Crippen LogP contribution in [0, 0.1) is 0 Å². The lowest BCUT2D eigenvalue weighted by Gasteiger charge is -2.41. The quantitative estimate of drug-likeness (QED) is 0.592. The molecule has 12 heteroatoms. The molecule has 33 heavy (non-hydrogen) atoms. The van der Waals surface area contributed by atoms with Gasteiger partial charge in [-0.1, -0.05) is 13.3 Å². The monoisotopic (exact) mass is 482 g/mol. The Morgan fingerprint density at radius 1 is 1.30 bits per heavy atom. The van der Waals surface area contributed by atoms with Crippen LogP contribution in [0.2, 0.25) is 0 Å². The molecule has 2 aliphatic rings. The normalized spacial score (nSPS) is 20.2. The van der Waals surface area contributed by atoms with E-state index in [9.17, 15) is 13.2 Å². The van der Waals surface area contributed by atoms with Gasteiger partial charge in [-0.05, 0) is 30.9 Å². The van der Waals surface area contributed by atoms with Crippen LogP contribution in [0.25, 0.3) is 21.7 Å². The smallest absolute Gasteiger partial charge is 0.422 e. The number of nitrogens with one attached hydrogen (secondary N) is 1. The number of nitrogens with zero attached hydrogens (tertiary/aromatic N) is 3. The van der Waals surface area contributed by atoms with Gasteiger partial charge in [0.1, 0.15) is 5.01 Å². The number of piperidine rings is 1. The molecule has 4 heterocycles. The minimum atomic E-state index is -4.81. The largest absolute Gasteiger partial charge is 0.573 e. The summed E-state index contributed by atoms with van der Waals surface area (Å²) < 4.78 is 50.0. The minimum Gasteiger partial charge on any atom is -0.422 e. The Labute approximate surface area is 190 Å². The molecule has 2 bridgehead atoms. The molecule has 176 valence electrons. The fourth-order valence-corrected chi connectivity index (χ4v) is 5.06. The van der Waals surface area contributed by atoms with Crippen LogP contribution >= 0.6 is 11.3 Å². The Bertz CT molecular complexity index is 1130. The Morgan fingerprint density at radius 3 is 2.58 bits per heavy atom. The third-order valence-electron chi connectivity index (χ3n) is 5.68. The Hall–Kier alpha value is -2.95. The van der Waals surface area contributed by atoms with Gasteiger partial charge in [0.05, 0.1) is 5.56 Å². The standard InChI is InChI=1S/C20H21F3N4O2S.CO2/c1-2-11-8-14(18-24-6-7-30-18)17-15(16(11)29-20(21,22)23)26-19(28-17)27-9-12-4-3-5-13(10-27)25-12;2-1-3/h6-8,12-13,25H,2-5,9-10H2,1H3;. The third-order valence-corrected chi connectivity index (χ3v) is 6.48. The number of aryl methyl sites for hydroxylation is 1. The molecule has 0 spiro atoms. The van der Waals surface area contributed by atoms with Crippen molar-refractivity contribution in [3.63, 3.8) is 0 Å². The molecular formula is C21H21F3N4O4S. The lowest BCUT2D eigenvalue weighted by atomic mass is 9.94. The highest BCUT2D eigenvalue weighted by Crippen LogP contribution is 2.42. The first kappa shape index (κ1) is 23.2. The second-order valence-corrected chi connectivity index (χ2v) is 8.70. The van der Waals surface area contributed by atoms with Gasteiger partial charge in [0, 0.05) is 36.8 Å². The molecule has 2 atom stereocenters. The van der Waals surface area contributed by atoms with Crippen LogP contribution < -0.4 is 15.0 Å². The van der Waals surface area contributed by atoms with Crippen molar-refractivity contribution in [2.24, 2.45) is 0 Å². The van der Waals surface area contributed by atoms with Crippen molar-refractivity contribution < 1.29 is 31.9 Å². The number of fused-ring (bicyclic) bond motifs is 3. The number of oxazole rings is 1. The fourth-order valence-electron chi connectivity index (χ4n) is 4.41. The van der Waals surface area contributed by atoms with E-state index in [4.69, 9.17) is 14.0 Å². The van der Waals surface area contributed by atoms with E-state index >= 15 is 0 Å². The number of piperazine rings is 1. The molecule has 2 aliphatic heterocycles. The van der Waals surface area contributed by atoms with Gasteiger partial charge in [-0.15, -0.1) is 24.5 Å². The van der Waals surface area contributed by atoms with Crippen LogP contribution in [-0.4, -0.2) is 47.7 Å². The van der Waals surface area contributed by atoms with Crippen molar-refractivity contribution in [2.45, 2.75) is 51.1 Å². The topological polar surface area (TPSA) is 97.6 Å². The first-order valence-corrected chi connectivity index (χ1v) is 11.3. The zero-order chi connectivity index (χ0) is 23.6. The summed E-state index contributed by atoms with van der Waals surface area (Å²) in [6, 6.07) is 2.68. The maximum Gasteiger partial charge on any atom is 0.573 e. The molecular weight excluding hydrogens is 461 g/mol. The average Bonchev–Trinajstić information content (AvgIpc) is 3.44. The van der Waals surface area contributed by atoms with Crippen molar-refractivity contribution in [3.8, 4) is 16.3 Å². The number of thiazole rings is 1. The van der Waals surface area contributed by atoms with Gasteiger partial charge in [-0.25, -0.2) is 4.98 Å². The predicted molar refractivity (Wildman–Crippen MR) is 113 cm³/mol. The van der Waals surface area contributed by atoms with E-state index in [2.05, 4.69) is 20.0 Å². The van der Waals surface area contributed by atoms with Crippen LogP contribution in [-0.2, 0) is 16.0 Å². The van der Waals surface area contributed by atoms with Gasteiger partial charge >= 0.3 is 12.5 Å². The number of ether oxygens (including phenoxy) is 1. The van der Waals surface area contributed by atoms with E-state index in [1.54, 1.807) is 19.2 Å². The van der Waals surface area contributed by atoms with E-state index in [1.165, 1.54) is 17.8 Å². The molecule has 2 aromatic heterocycles. The van der Waals surface area contributed by atoms with Gasteiger partial charge < -0.3 is 19.4 Å². The van der Waals surface area contributed by atoms with Crippen molar-refractivity contribution in [1.29, 1.82) is 0 Å². The molecule has 2 unspecified atom stereocenters. The highest BCUT2D eigenvalue weighted by Gasteiger charge is 2.36. The second kappa shape index (κ2) is 9.50. The first-order valence-electron chi connectivity index (χ1n) is 10.4. The molecule has 5 rings (SSSR count). The van der Waals surface area contributed by atoms with E-state index in [0.29, 0.717) is 53.7 Å². The summed E-state index contributed by atoms with van der Waals surface area (Å²) in [6.45, 7) is 3.21. The molecule has 8 nitrogen and oxygen atoms in total. The molecule has 1 N–H and O–H groups in total. The van der Waals surface area contributed by atoms with E-state index < -0.39 is 6.36 Å². The van der Waals surface area contributed by atoms with Gasteiger partial charge in [0.15, 0.2) is 16.8 Å². The molecule has 2 fully saturated rings. The number of alkyl halides is 3. The molecule has 3 aromatic rings. The number of aromatic nitrogens is 2. The van der Waals surface area contributed by atoms with Gasteiger partial charge in [0.2, 0.25) is 0 Å². The summed E-state index contributed by atoms with van der Waals surface area (Å²) in [5.74, 6) is -0.286. The Kier molecular flexibility index (Phi) is 6.68. The number of carbonyl (C=O) groups excluding carboxylic acids is 2. The molecule has 0 amide bonds. The van der Waals surface area contributed by atoms with Gasteiger partial charge in [0.25, 0.3) is 6.01 Å². The molecule has 0 aliphatic carbocycles. The Balaban J connectivity index is 0.000000821. The second-order valence-electron chi connectivity index (χ2n) is 7.80. The van der Waals surface area contributed by atoms with Crippen molar-refractivity contribution in [1.82, 2.24) is 15.3 Å². The average molecular weight is 482 g/mol. The number of benzene rings is 1. The number of rotatable bonds is 4. The maximum absolute atomic E-state index is 13.2. The molecule has 1 aromatic carbocycles. The number of halogens is 3. The summed E-state index contributed by atoms with van der Waals surface area (Å²) in [5, 5.41) is 6.08. The SMILES string of the molecule is CCc1cc(-c2nccs2)c2oc(N3CC4CCCC(C3)N4)nc2c1OC(F)(F)F.O=C=O. The van der Waals surface area contributed by atoms with Crippen LogP contribution in [0.4, 0.5) is 19.2 Å². The van der Waals surface area contributed by atoms with E-state index in [1.807, 2.05) is 10.3 Å². The van der Waals surface area contributed by atoms with Crippen LogP contribution in [0.1, 0.15) is 31.7 Å². The molecule has 0 saturated carbocycles. The first-order chi connectivity index (χ1) is 15.8. The number of hydrogen-bond acceptors (Lipinski definition) is 9. The predicted octanol–water partition coefficient (Wildman–Crippen LogP) is 4.16. The molecule has 0 radical (unpaired) electrons. The fraction of sp³-hybridized carbons (Fsp3) is 0.476. The zero-order valence-electron chi connectivity index (χ0n) is 17.6. The summed E-state index contributed by atoms with van der Waals surface area (Å²) in [7, 11) is 0. The van der Waals surface area contributed by atoms with Crippen LogP contribution in [0.15, 0.2) is 22.1 Å². The summed E-state index contributed by atoms with van der Waals surface area (Å²) in [4.78, 5) is 27.1. The van der Waals surface area contributed by atoms with E-state index in [-0.39, 0.29) is 23.0 Å². The lowest BCUT2D eigenvalue weighted by Crippen LogP contribution is -2.58. The number of hydrogen-bond donors (Lipinski definition) is 1. The highest BCUT2D eigenvalue weighted by atomic mass is 32.1. The van der Waals surface area contributed by atoms with Gasteiger partial charge in [-0.3, -0.25) is 0 Å². The summed E-state index contributed by atoms with van der Waals surface area (Å²) in [6.07, 6.45) is 0.776. The van der Waals surface area contributed by atoms with Gasteiger partial charge in [-0.2, -0.15) is 14.6 Å². The highest BCUT2D eigenvalue weighted by molar-refractivity contribution is 7.13. The van der Waals surface area contributed by atoms with Crippen LogP contribution in [0.3, 0.4) is 0 Å². The number of anilines is 1. The van der Waals surface area contributed by atoms with Crippen molar-refractivity contribution in [3.05, 3.63) is 23.2 Å². The van der Waals surface area contributed by atoms with E-state index in [0.717, 1.165) is 12.8 Å². The molecule has 2 saturated heterocycles. The summed E-state index contributed by atoms with van der Waals surface area (Å²) >= 11 is 1.40. The maximum atomic E-state index is 13.2. The zero-order valence-corrected chi connectivity index (χ0v) is 18.5. The van der Waals surface area contributed by atoms with Crippen LogP contribution in [0.5, 0.6) is 5.75 Å². The van der Waals surface area contributed by atoms with Crippen molar-refractivity contribution in [2.75, 3.05) is 18.0 Å². The summed E-state index contributed by atoms with van der Waals surface area (Å²) in [5.41, 5.74) is 1.43.